The lowest BCUT2D eigenvalue weighted by molar-refractivity contribution is -0.122. The average Bonchev–Trinajstić information content (AvgIpc) is 2.59. The van der Waals surface area contributed by atoms with Crippen LogP contribution < -0.4 is 16.0 Å². The van der Waals surface area contributed by atoms with Crippen LogP contribution in [0.15, 0.2) is 24.5 Å². The van der Waals surface area contributed by atoms with Gasteiger partial charge in [-0.15, -0.1) is 0 Å². The van der Waals surface area contributed by atoms with Crippen molar-refractivity contribution in [3.63, 3.8) is 0 Å². The molecular formula is C17H26N4O2. The van der Waals surface area contributed by atoms with Gasteiger partial charge in [0.2, 0.25) is 5.91 Å². The van der Waals surface area contributed by atoms with E-state index >= 15 is 0 Å². The molecule has 1 aromatic heterocycles. The van der Waals surface area contributed by atoms with E-state index in [9.17, 15) is 9.59 Å². The first kappa shape index (κ1) is 17.2. The fourth-order valence-corrected chi connectivity index (χ4v) is 2.85. The van der Waals surface area contributed by atoms with Crippen LogP contribution in [0.3, 0.4) is 0 Å². The van der Waals surface area contributed by atoms with Crippen LogP contribution in [-0.2, 0) is 11.3 Å². The van der Waals surface area contributed by atoms with Crippen molar-refractivity contribution in [2.75, 3.05) is 13.1 Å². The molecule has 0 bridgehead atoms. The summed E-state index contributed by atoms with van der Waals surface area (Å²) in [5.41, 5.74) is 0.948. The number of hydrogen-bond acceptors (Lipinski definition) is 3. The van der Waals surface area contributed by atoms with E-state index in [0.29, 0.717) is 32.0 Å². The first-order valence-electron chi connectivity index (χ1n) is 8.41. The molecule has 1 saturated carbocycles. The Balaban J connectivity index is 1.50. The number of nitrogens with one attached hydrogen (secondary N) is 3. The van der Waals surface area contributed by atoms with E-state index in [4.69, 9.17) is 0 Å². The van der Waals surface area contributed by atoms with E-state index in [-0.39, 0.29) is 11.9 Å². The zero-order chi connectivity index (χ0) is 16.3. The zero-order valence-corrected chi connectivity index (χ0v) is 13.5. The summed E-state index contributed by atoms with van der Waals surface area (Å²) in [6.07, 6.45) is 10.2. The number of rotatable bonds is 7. The molecule has 0 spiro atoms. The molecule has 6 nitrogen and oxygen atoms in total. The summed E-state index contributed by atoms with van der Waals surface area (Å²) in [6.45, 7) is 1.33. The van der Waals surface area contributed by atoms with Crippen molar-refractivity contribution in [3.8, 4) is 0 Å². The summed E-state index contributed by atoms with van der Waals surface area (Å²) >= 11 is 0. The monoisotopic (exact) mass is 318 g/mol. The second kappa shape index (κ2) is 9.82. The molecule has 1 heterocycles. The van der Waals surface area contributed by atoms with Gasteiger partial charge in [-0.25, -0.2) is 4.79 Å². The van der Waals surface area contributed by atoms with Gasteiger partial charge in [0.25, 0.3) is 0 Å². The van der Waals surface area contributed by atoms with Crippen LogP contribution >= 0.6 is 0 Å². The van der Waals surface area contributed by atoms with Crippen LogP contribution in [0.2, 0.25) is 0 Å². The quantitative estimate of drug-likeness (QED) is 0.672. The number of carbonyl (C=O) groups excluding carboxylic acids is 2. The molecule has 0 aliphatic heterocycles. The Morgan fingerprint density at radius 1 is 1.09 bits per heavy atom. The maximum Gasteiger partial charge on any atom is 0.315 e. The highest BCUT2D eigenvalue weighted by molar-refractivity contribution is 5.76. The van der Waals surface area contributed by atoms with Gasteiger partial charge < -0.3 is 16.0 Å². The van der Waals surface area contributed by atoms with Crippen LogP contribution in [0.1, 0.15) is 44.1 Å². The maximum absolute atomic E-state index is 11.8. The molecule has 126 valence electrons. The Morgan fingerprint density at radius 2 is 1.87 bits per heavy atom. The van der Waals surface area contributed by atoms with Crippen molar-refractivity contribution in [2.45, 2.75) is 45.1 Å². The van der Waals surface area contributed by atoms with Crippen molar-refractivity contribution >= 4 is 11.9 Å². The molecular weight excluding hydrogens is 292 g/mol. The van der Waals surface area contributed by atoms with Crippen molar-refractivity contribution in [1.29, 1.82) is 0 Å². The van der Waals surface area contributed by atoms with Gasteiger partial charge >= 0.3 is 6.03 Å². The Bertz CT molecular complexity index is 487. The molecule has 1 aliphatic carbocycles. The molecule has 1 fully saturated rings. The van der Waals surface area contributed by atoms with E-state index in [1.807, 2.05) is 12.1 Å². The van der Waals surface area contributed by atoms with E-state index < -0.39 is 0 Å². The third kappa shape index (κ3) is 7.13. The minimum atomic E-state index is -0.240. The lowest BCUT2D eigenvalue weighted by Gasteiger charge is -2.20. The Kier molecular flexibility index (Phi) is 7.36. The number of hydrogen-bond donors (Lipinski definition) is 3. The Morgan fingerprint density at radius 3 is 2.61 bits per heavy atom. The molecule has 3 amide bonds. The minimum Gasteiger partial charge on any atom is -0.354 e. The molecule has 6 heteroatoms. The van der Waals surface area contributed by atoms with E-state index in [2.05, 4.69) is 20.9 Å². The molecule has 0 unspecified atom stereocenters. The molecule has 1 aromatic rings. The highest BCUT2D eigenvalue weighted by Gasteiger charge is 2.16. The molecule has 2 rings (SSSR count). The number of amides is 3. The van der Waals surface area contributed by atoms with E-state index in [1.165, 1.54) is 32.1 Å². The third-order valence-corrected chi connectivity index (χ3v) is 4.11. The summed E-state index contributed by atoms with van der Waals surface area (Å²) in [5, 5.41) is 8.34. The fourth-order valence-electron chi connectivity index (χ4n) is 2.85. The molecule has 3 N–H and O–H groups in total. The molecule has 0 saturated heterocycles. The predicted molar refractivity (Wildman–Crippen MR) is 88.7 cm³/mol. The third-order valence-electron chi connectivity index (χ3n) is 4.11. The molecule has 0 atom stereocenters. The zero-order valence-electron chi connectivity index (χ0n) is 13.5. The first-order valence-corrected chi connectivity index (χ1v) is 8.41. The van der Waals surface area contributed by atoms with Crippen LogP contribution in [0.4, 0.5) is 4.79 Å². The smallest absolute Gasteiger partial charge is 0.315 e. The van der Waals surface area contributed by atoms with Crippen LogP contribution in [0, 0.1) is 5.92 Å². The lowest BCUT2D eigenvalue weighted by atomic mass is 9.87. The van der Waals surface area contributed by atoms with Crippen LogP contribution in [0.25, 0.3) is 0 Å². The van der Waals surface area contributed by atoms with Crippen molar-refractivity contribution in [1.82, 2.24) is 20.9 Å². The fraction of sp³-hybridized carbons (Fsp3) is 0.588. The van der Waals surface area contributed by atoms with Crippen LogP contribution in [-0.4, -0.2) is 30.0 Å². The molecule has 0 aromatic carbocycles. The summed E-state index contributed by atoms with van der Waals surface area (Å²) in [5.74, 6) is 0.633. The summed E-state index contributed by atoms with van der Waals surface area (Å²) < 4.78 is 0. The second-order valence-electron chi connectivity index (χ2n) is 6.03. The minimum absolute atomic E-state index is 0.0921. The van der Waals surface area contributed by atoms with Crippen molar-refractivity contribution in [2.24, 2.45) is 5.92 Å². The predicted octanol–water partition coefficient (Wildman–Crippen LogP) is 1.97. The highest BCUT2D eigenvalue weighted by atomic mass is 16.2. The standard InChI is InChI=1S/C17H26N4O2/c22-16(11-14-5-2-1-3-6-14)19-9-10-20-17(23)21-13-15-7-4-8-18-12-15/h4,7-8,12,14H,1-3,5-6,9-11,13H2,(H,19,22)(H2,20,21,23). The summed E-state index contributed by atoms with van der Waals surface area (Å²) in [6, 6.07) is 3.49. The SMILES string of the molecule is O=C(CC1CCCCC1)NCCNC(=O)NCc1cccnc1. The van der Waals surface area contributed by atoms with E-state index in [1.54, 1.807) is 12.4 Å². The highest BCUT2D eigenvalue weighted by Crippen LogP contribution is 2.25. The van der Waals surface area contributed by atoms with Gasteiger partial charge in [-0.3, -0.25) is 9.78 Å². The van der Waals surface area contributed by atoms with Gasteiger partial charge in [0.15, 0.2) is 0 Å². The van der Waals surface area contributed by atoms with Gasteiger partial charge in [0.05, 0.1) is 0 Å². The Hall–Kier alpha value is -2.11. The molecule has 23 heavy (non-hydrogen) atoms. The average molecular weight is 318 g/mol. The van der Waals surface area contributed by atoms with Gasteiger partial charge in [0, 0.05) is 38.4 Å². The second-order valence-corrected chi connectivity index (χ2v) is 6.03. The van der Waals surface area contributed by atoms with Crippen LogP contribution in [0.5, 0.6) is 0 Å². The molecule has 0 radical (unpaired) electrons. The van der Waals surface area contributed by atoms with Gasteiger partial charge in [-0.1, -0.05) is 25.3 Å². The largest absolute Gasteiger partial charge is 0.354 e. The number of pyridine rings is 1. The normalized spacial score (nSPS) is 15.0. The lowest BCUT2D eigenvalue weighted by Crippen LogP contribution is -2.40. The van der Waals surface area contributed by atoms with Gasteiger partial charge in [0.1, 0.15) is 0 Å². The maximum atomic E-state index is 11.8. The number of aromatic nitrogens is 1. The van der Waals surface area contributed by atoms with Crippen molar-refractivity contribution in [3.05, 3.63) is 30.1 Å². The van der Waals surface area contributed by atoms with Gasteiger partial charge in [-0.2, -0.15) is 0 Å². The molecule has 1 aliphatic rings. The van der Waals surface area contributed by atoms with Crippen molar-refractivity contribution < 1.29 is 9.59 Å². The van der Waals surface area contributed by atoms with E-state index in [0.717, 1.165) is 5.56 Å². The topological polar surface area (TPSA) is 83.1 Å². The number of nitrogens with zero attached hydrogens (tertiary/aromatic N) is 1. The Labute approximate surface area is 137 Å². The number of urea groups is 1. The summed E-state index contributed by atoms with van der Waals surface area (Å²) in [7, 11) is 0. The first-order chi connectivity index (χ1) is 11.2. The number of carbonyl (C=O) groups is 2. The summed E-state index contributed by atoms with van der Waals surface area (Å²) in [4.78, 5) is 27.4. The van der Waals surface area contributed by atoms with Gasteiger partial charge in [-0.05, 0) is 30.4 Å².